The maximum atomic E-state index is 13.8. The van der Waals surface area contributed by atoms with E-state index in [0.717, 1.165) is 11.1 Å². The van der Waals surface area contributed by atoms with Gasteiger partial charge in [-0.1, -0.05) is 59.4 Å². The van der Waals surface area contributed by atoms with Gasteiger partial charge in [0.15, 0.2) is 4.80 Å². The van der Waals surface area contributed by atoms with E-state index in [-0.39, 0.29) is 18.1 Å². The molecule has 0 unspecified atom stereocenters. The third kappa shape index (κ3) is 4.35. The largest absolute Gasteiger partial charge is 0.463 e. The molecular formula is C28H26N4O4S. The summed E-state index contributed by atoms with van der Waals surface area (Å²) in [4.78, 5) is 45.1. The number of anilines is 1. The number of ether oxygens (including phenoxy) is 1. The zero-order chi connectivity index (χ0) is 26.3. The van der Waals surface area contributed by atoms with Gasteiger partial charge in [-0.05, 0) is 51.5 Å². The van der Waals surface area contributed by atoms with Gasteiger partial charge < -0.3 is 4.74 Å². The maximum Gasteiger partial charge on any atom is 0.338 e. The summed E-state index contributed by atoms with van der Waals surface area (Å²) < 4.78 is 7.24. The Hall–Kier alpha value is -4.11. The van der Waals surface area contributed by atoms with Crippen molar-refractivity contribution in [3.05, 3.63) is 96.7 Å². The number of hydrazone groups is 1. The molecule has 1 aromatic heterocycles. The summed E-state index contributed by atoms with van der Waals surface area (Å²) in [6, 6.07) is 16.2. The minimum absolute atomic E-state index is 0.209. The van der Waals surface area contributed by atoms with E-state index in [1.54, 1.807) is 26.8 Å². The van der Waals surface area contributed by atoms with Crippen molar-refractivity contribution < 1.29 is 14.3 Å². The average molecular weight is 515 g/mol. The van der Waals surface area contributed by atoms with Crippen LogP contribution in [-0.2, 0) is 14.3 Å². The first-order valence-electron chi connectivity index (χ1n) is 12.0. The lowest BCUT2D eigenvalue weighted by Gasteiger charge is -2.24. The maximum absolute atomic E-state index is 13.8. The Kier molecular flexibility index (Phi) is 6.47. The summed E-state index contributed by atoms with van der Waals surface area (Å²) >= 11 is 1.20. The topological polar surface area (TPSA) is 93.3 Å². The lowest BCUT2D eigenvalue weighted by molar-refractivity contribution is -0.139. The van der Waals surface area contributed by atoms with Gasteiger partial charge in [-0.2, -0.15) is 10.1 Å². The van der Waals surface area contributed by atoms with Gasteiger partial charge in [-0.15, -0.1) is 0 Å². The first-order valence-corrected chi connectivity index (χ1v) is 12.8. The molecule has 2 aliphatic heterocycles. The first-order chi connectivity index (χ1) is 17.8. The van der Waals surface area contributed by atoms with Gasteiger partial charge >= 0.3 is 5.97 Å². The summed E-state index contributed by atoms with van der Waals surface area (Å²) in [6.45, 7) is 7.45. The van der Waals surface area contributed by atoms with E-state index in [1.165, 1.54) is 20.9 Å². The molecule has 1 amide bonds. The van der Waals surface area contributed by atoms with Crippen LogP contribution in [-0.4, -0.2) is 28.8 Å². The number of aromatic nitrogens is 1. The molecule has 9 heteroatoms. The molecular weight excluding hydrogens is 488 g/mol. The van der Waals surface area contributed by atoms with Crippen molar-refractivity contribution in [3.8, 4) is 0 Å². The van der Waals surface area contributed by atoms with Gasteiger partial charge in [-0.3, -0.25) is 14.2 Å². The molecule has 0 aliphatic carbocycles. The van der Waals surface area contributed by atoms with Crippen molar-refractivity contribution in [1.82, 2.24) is 4.57 Å². The van der Waals surface area contributed by atoms with E-state index in [1.807, 2.05) is 61.5 Å². The normalized spacial score (nSPS) is 19.6. The average Bonchev–Trinajstić information content (AvgIpc) is 3.34. The number of carbonyl (C=O) groups is 2. The van der Waals surface area contributed by atoms with Crippen LogP contribution >= 0.6 is 11.3 Å². The van der Waals surface area contributed by atoms with Crippen molar-refractivity contribution in [3.63, 3.8) is 0 Å². The number of carbonyl (C=O) groups excluding carboxylic acids is 2. The quantitative estimate of drug-likeness (QED) is 0.489. The number of esters is 1. The molecule has 2 aliphatic rings. The molecule has 2 aromatic carbocycles. The molecule has 3 aromatic rings. The van der Waals surface area contributed by atoms with E-state index in [2.05, 4.69) is 10.1 Å². The number of rotatable bonds is 5. The second kappa shape index (κ2) is 9.74. The zero-order valence-corrected chi connectivity index (χ0v) is 21.8. The SMILES string of the molecule is CCOC(=O)C1=C(C)N=c2s/c(=C/[C@H]3C(=O)N(c4ccccc4)N=C3C)c(=O)n2[C@H]1c1ccc(C)cc1. The van der Waals surface area contributed by atoms with Crippen LogP contribution in [0.15, 0.2) is 80.8 Å². The smallest absolute Gasteiger partial charge is 0.338 e. The Morgan fingerprint density at radius 1 is 1.05 bits per heavy atom. The third-order valence-electron chi connectivity index (χ3n) is 6.41. The Labute approximate surface area is 217 Å². The summed E-state index contributed by atoms with van der Waals surface area (Å²) in [7, 11) is 0. The number of hydrogen-bond donors (Lipinski definition) is 0. The summed E-state index contributed by atoms with van der Waals surface area (Å²) in [5, 5.41) is 5.81. The zero-order valence-electron chi connectivity index (χ0n) is 21.0. The predicted molar refractivity (Wildman–Crippen MR) is 143 cm³/mol. The molecule has 0 N–H and O–H groups in total. The van der Waals surface area contributed by atoms with Gasteiger partial charge in [0, 0.05) is 0 Å². The lowest BCUT2D eigenvalue weighted by atomic mass is 9.95. The molecule has 2 atom stereocenters. The van der Waals surface area contributed by atoms with E-state index in [0.29, 0.717) is 32.0 Å². The number of aryl methyl sites for hydroxylation is 1. The summed E-state index contributed by atoms with van der Waals surface area (Å²) in [5.41, 5.74) is 3.61. The Morgan fingerprint density at radius 3 is 2.43 bits per heavy atom. The van der Waals surface area contributed by atoms with Crippen molar-refractivity contribution in [1.29, 1.82) is 0 Å². The summed E-state index contributed by atoms with van der Waals surface area (Å²) in [5.74, 6) is -1.41. The number of allylic oxidation sites excluding steroid dienone is 1. The highest BCUT2D eigenvalue weighted by Gasteiger charge is 2.35. The highest BCUT2D eigenvalue weighted by Crippen LogP contribution is 2.31. The monoisotopic (exact) mass is 514 g/mol. The highest BCUT2D eigenvalue weighted by molar-refractivity contribution is 7.07. The molecule has 188 valence electrons. The van der Waals surface area contributed by atoms with Crippen LogP contribution in [0.3, 0.4) is 0 Å². The van der Waals surface area contributed by atoms with E-state index in [9.17, 15) is 14.4 Å². The molecule has 3 heterocycles. The Bertz CT molecular complexity index is 1630. The fourth-order valence-corrected chi connectivity index (χ4v) is 5.60. The van der Waals surface area contributed by atoms with E-state index < -0.39 is 17.9 Å². The molecule has 37 heavy (non-hydrogen) atoms. The van der Waals surface area contributed by atoms with Crippen LogP contribution in [0.5, 0.6) is 0 Å². The fraction of sp³-hybridized carbons (Fsp3) is 0.250. The molecule has 0 bridgehead atoms. The van der Waals surface area contributed by atoms with Crippen molar-refractivity contribution in [2.75, 3.05) is 11.6 Å². The number of nitrogens with zero attached hydrogens (tertiary/aromatic N) is 4. The van der Waals surface area contributed by atoms with E-state index >= 15 is 0 Å². The second-order valence-corrected chi connectivity index (χ2v) is 9.95. The number of thiazole rings is 1. The van der Waals surface area contributed by atoms with Crippen LogP contribution in [0.1, 0.15) is 37.9 Å². The van der Waals surface area contributed by atoms with Gasteiger partial charge in [0.1, 0.15) is 5.92 Å². The second-order valence-electron chi connectivity index (χ2n) is 8.94. The predicted octanol–water partition coefficient (Wildman–Crippen LogP) is 3.10. The summed E-state index contributed by atoms with van der Waals surface area (Å²) in [6.07, 6.45) is 1.66. The van der Waals surface area contributed by atoms with Crippen molar-refractivity contribution in [2.45, 2.75) is 33.7 Å². The van der Waals surface area contributed by atoms with Crippen LogP contribution < -0.4 is 19.9 Å². The molecule has 0 spiro atoms. The van der Waals surface area contributed by atoms with Gasteiger partial charge in [0.25, 0.3) is 11.5 Å². The van der Waals surface area contributed by atoms with E-state index in [4.69, 9.17) is 4.74 Å². The van der Waals surface area contributed by atoms with Gasteiger partial charge in [0.2, 0.25) is 0 Å². The number of benzene rings is 2. The number of hydrogen-bond acceptors (Lipinski definition) is 7. The molecule has 0 fully saturated rings. The standard InChI is InChI=1S/C28H26N4O4S/c1-5-36-27(35)23-18(4)29-28-31(24(23)19-13-11-16(2)12-14-19)26(34)22(37-28)15-21-17(3)30-32(25(21)33)20-9-7-6-8-10-20/h6-15,21,24H,5H2,1-4H3/b22-15+/t21-,24+/m1/s1. The Morgan fingerprint density at radius 2 is 1.76 bits per heavy atom. The number of fused-ring (bicyclic) bond motifs is 1. The van der Waals surface area contributed by atoms with Gasteiger partial charge in [-0.25, -0.2) is 9.79 Å². The van der Waals surface area contributed by atoms with Crippen LogP contribution in [0.25, 0.3) is 6.08 Å². The molecule has 8 nitrogen and oxygen atoms in total. The lowest BCUT2D eigenvalue weighted by Crippen LogP contribution is -2.40. The highest BCUT2D eigenvalue weighted by atomic mass is 32.1. The molecule has 0 saturated heterocycles. The van der Waals surface area contributed by atoms with Gasteiger partial charge in [0.05, 0.1) is 39.9 Å². The minimum Gasteiger partial charge on any atom is -0.463 e. The fourth-order valence-electron chi connectivity index (χ4n) is 4.55. The molecule has 0 saturated carbocycles. The van der Waals surface area contributed by atoms with Crippen LogP contribution in [0.4, 0.5) is 5.69 Å². The first kappa shape index (κ1) is 24.6. The Balaban J connectivity index is 1.63. The van der Waals surface area contributed by atoms with Crippen LogP contribution in [0, 0.1) is 12.8 Å². The van der Waals surface area contributed by atoms with Crippen LogP contribution in [0.2, 0.25) is 0 Å². The van der Waals surface area contributed by atoms with Crippen molar-refractivity contribution in [2.24, 2.45) is 16.0 Å². The third-order valence-corrected chi connectivity index (χ3v) is 7.41. The molecule has 0 radical (unpaired) electrons. The van der Waals surface area contributed by atoms with Crippen molar-refractivity contribution >= 4 is 40.7 Å². The number of para-hydroxylation sites is 1. The molecule has 5 rings (SSSR count). The minimum atomic E-state index is -0.687. The number of amides is 1.